The van der Waals surface area contributed by atoms with Crippen LogP contribution < -0.4 is 5.32 Å². The summed E-state index contributed by atoms with van der Waals surface area (Å²) in [7, 11) is 0. The van der Waals surface area contributed by atoms with Gasteiger partial charge in [0.1, 0.15) is 0 Å². The molecule has 0 saturated carbocycles. The molecular weight excluding hydrogens is 192 g/mol. The van der Waals surface area contributed by atoms with E-state index in [1.54, 1.807) is 0 Å². The number of rotatable bonds is 2. The standard InChI is InChI=1S/C11H20N2S/c1-8(2)7-13-9(3)6-11(4,5)12-10(13)14/h6,8H,7H2,1-5H3,(H,12,14). The van der Waals surface area contributed by atoms with Crippen LogP contribution in [0.25, 0.3) is 0 Å². The molecule has 0 aromatic rings. The van der Waals surface area contributed by atoms with Crippen LogP contribution >= 0.6 is 12.2 Å². The SMILES string of the molecule is CC1=CC(C)(C)NC(=S)N1CC(C)C. The summed E-state index contributed by atoms with van der Waals surface area (Å²) in [5, 5.41) is 4.17. The number of nitrogens with one attached hydrogen (secondary N) is 1. The van der Waals surface area contributed by atoms with Gasteiger partial charge in [-0.3, -0.25) is 0 Å². The van der Waals surface area contributed by atoms with Gasteiger partial charge in [0.15, 0.2) is 5.11 Å². The minimum absolute atomic E-state index is 0.00531. The van der Waals surface area contributed by atoms with Gasteiger partial charge in [-0.25, -0.2) is 0 Å². The Labute approximate surface area is 92.4 Å². The summed E-state index contributed by atoms with van der Waals surface area (Å²) in [4.78, 5) is 2.17. The average Bonchev–Trinajstić information content (AvgIpc) is 1.94. The minimum Gasteiger partial charge on any atom is -0.354 e. The fourth-order valence-electron chi connectivity index (χ4n) is 1.73. The monoisotopic (exact) mass is 212 g/mol. The van der Waals surface area contributed by atoms with E-state index in [0.717, 1.165) is 11.7 Å². The van der Waals surface area contributed by atoms with Crippen molar-refractivity contribution in [2.45, 2.75) is 40.2 Å². The summed E-state index contributed by atoms with van der Waals surface area (Å²) in [6.45, 7) is 11.8. The highest BCUT2D eigenvalue weighted by Crippen LogP contribution is 2.19. The Kier molecular flexibility index (Phi) is 3.20. The first-order valence-electron chi connectivity index (χ1n) is 5.11. The first-order valence-corrected chi connectivity index (χ1v) is 5.52. The molecule has 14 heavy (non-hydrogen) atoms. The molecule has 1 N–H and O–H groups in total. The number of thiocarbonyl (C=S) groups is 1. The van der Waals surface area contributed by atoms with Gasteiger partial charge in [-0.2, -0.15) is 0 Å². The molecule has 0 unspecified atom stereocenters. The quantitative estimate of drug-likeness (QED) is 0.708. The average molecular weight is 212 g/mol. The van der Waals surface area contributed by atoms with Gasteiger partial charge in [-0.1, -0.05) is 13.8 Å². The van der Waals surface area contributed by atoms with Crippen molar-refractivity contribution in [2.75, 3.05) is 6.54 Å². The first-order chi connectivity index (χ1) is 6.32. The zero-order chi connectivity index (χ0) is 10.9. The Bertz CT molecular complexity index is 266. The van der Waals surface area contributed by atoms with Crippen LogP contribution in [0.1, 0.15) is 34.6 Å². The Morgan fingerprint density at radius 1 is 1.50 bits per heavy atom. The molecule has 80 valence electrons. The molecule has 0 atom stereocenters. The maximum Gasteiger partial charge on any atom is 0.173 e. The molecular formula is C11H20N2S. The predicted octanol–water partition coefficient (Wildman–Crippen LogP) is 2.51. The van der Waals surface area contributed by atoms with Crippen molar-refractivity contribution in [1.82, 2.24) is 10.2 Å². The normalized spacial score (nSPS) is 20.9. The smallest absolute Gasteiger partial charge is 0.173 e. The van der Waals surface area contributed by atoms with E-state index in [1.165, 1.54) is 5.70 Å². The third-order valence-electron chi connectivity index (χ3n) is 2.22. The van der Waals surface area contributed by atoms with Crippen molar-refractivity contribution in [3.63, 3.8) is 0 Å². The second-order valence-electron chi connectivity index (χ2n) is 4.94. The van der Waals surface area contributed by atoms with Crippen LogP contribution in [0, 0.1) is 5.92 Å². The molecule has 0 aliphatic carbocycles. The van der Waals surface area contributed by atoms with Gasteiger partial charge in [0.05, 0.1) is 5.54 Å². The van der Waals surface area contributed by atoms with E-state index in [1.807, 2.05) is 0 Å². The van der Waals surface area contributed by atoms with E-state index in [0.29, 0.717) is 5.92 Å². The van der Waals surface area contributed by atoms with Crippen molar-refractivity contribution < 1.29 is 0 Å². The number of hydrogen-bond donors (Lipinski definition) is 1. The zero-order valence-electron chi connectivity index (χ0n) is 9.72. The molecule has 0 spiro atoms. The lowest BCUT2D eigenvalue weighted by Gasteiger charge is -2.39. The Balaban J connectivity index is 2.83. The lowest BCUT2D eigenvalue weighted by molar-refractivity contribution is 0.384. The van der Waals surface area contributed by atoms with Gasteiger partial charge in [0.2, 0.25) is 0 Å². The van der Waals surface area contributed by atoms with Gasteiger partial charge in [-0.15, -0.1) is 0 Å². The van der Waals surface area contributed by atoms with E-state index in [2.05, 4.69) is 50.9 Å². The third kappa shape index (κ3) is 2.71. The van der Waals surface area contributed by atoms with E-state index in [9.17, 15) is 0 Å². The summed E-state index contributed by atoms with van der Waals surface area (Å²) in [5.41, 5.74) is 1.25. The van der Waals surface area contributed by atoms with Gasteiger partial charge in [0, 0.05) is 12.2 Å². The van der Waals surface area contributed by atoms with Gasteiger partial charge >= 0.3 is 0 Å². The zero-order valence-corrected chi connectivity index (χ0v) is 10.5. The van der Waals surface area contributed by atoms with Gasteiger partial charge < -0.3 is 10.2 Å². The Morgan fingerprint density at radius 3 is 2.50 bits per heavy atom. The van der Waals surface area contributed by atoms with Crippen LogP contribution in [0.4, 0.5) is 0 Å². The minimum atomic E-state index is -0.00531. The van der Waals surface area contributed by atoms with Crippen LogP contribution in [-0.4, -0.2) is 22.1 Å². The van der Waals surface area contributed by atoms with E-state index >= 15 is 0 Å². The molecule has 0 fully saturated rings. The second-order valence-corrected chi connectivity index (χ2v) is 5.33. The van der Waals surface area contributed by atoms with Crippen LogP contribution in [0.5, 0.6) is 0 Å². The molecule has 1 rings (SSSR count). The topological polar surface area (TPSA) is 15.3 Å². The molecule has 1 aliphatic heterocycles. The van der Waals surface area contributed by atoms with Crippen LogP contribution in [0.15, 0.2) is 11.8 Å². The highest BCUT2D eigenvalue weighted by molar-refractivity contribution is 7.80. The lowest BCUT2D eigenvalue weighted by atomic mass is 10.0. The Hall–Kier alpha value is -0.570. The van der Waals surface area contributed by atoms with Crippen molar-refractivity contribution in [3.8, 4) is 0 Å². The molecule has 3 heteroatoms. The molecule has 1 heterocycles. The maximum absolute atomic E-state index is 5.35. The van der Waals surface area contributed by atoms with E-state index in [-0.39, 0.29) is 5.54 Å². The van der Waals surface area contributed by atoms with Crippen LogP contribution in [-0.2, 0) is 0 Å². The molecule has 0 radical (unpaired) electrons. The highest BCUT2D eigenvalue weighted by atomic mass is 32.1. The predicted molar refractivity (Wildman–Crippen MR) is 65.1 cm³/mol. The molecule has 1 aliphatic rings. The summed E-state index contributed by atoms with van der Waals surface area (Å²) >= 11 is 5.35. The van der Waals surface area contributed by atoms with E-state index in [4.69, 9.17) is 12.2 Å². The maximum atomic E-state index is 5.35. The van der Waals surface area contributed by atoms with Crippen LogP contribution in [0.2, 0.25) is 0 Å². The Morgan fingerprint density at radius 2 is 2.07 bits per heavy atom. The molecule has 0 amide bonds. The summed E-state index contributed by atoms with van der Waals surface area (Å²) in [6.07, 6.45) is 2.23. The highest BCUT2D eigenvalue weighted by Gasteiger charge is 2.26. The number of nitrogens with zero attached hydrogens (tertiary/aromatic N) is 1. The summed E-state index contributed by atoms with van der Waals surface area (Å²) in [5.74, 6) is 0.624. The molecule has 0 bridgehead atoms. The van der Waals surface area contributed by atoms with Crippen molar-refractivity contribution in [1.29, 1.82) is 0 Å². The second kappa shape index (κ2) is 3.89. The van der Waals surface area contributed by atoms with E-state index < -0.39 is 0 Å². The van der Waals surface area contributed by atoms with Gasteiger partial charge in [0.25, 0.3) is 0 Å². The fraction of sp³-hybridized carbons (Fsp3) is 0.727. The van der Waals surface area contributed by atoms with Crippen molar-refractivity contribution >= 4 is 17.3 Å². The lowest BCUT2D eigenvalue weighted by Crippen LogP contribution is -2.53. The molecule has 0 aromatic heterocycles. The van der Waals surface area contributed by atoms with Crippen LogP contribution in [0.3, 0.4) is 0 Å². The van der Waals surface area contributed by atoms with Gasteiger partial charge in [-0.05, 0) is 45.0 Å². The first kappa shape index (κ1) is 11.5. The van der Waals surface area contributed by atoms with Crippen molar-refractivity contribution in [2.24, 2.45) is 5.92 Å². The number of hydrogen-bond acceptors (Lipinski definition) is 1. The number of allylic oxidation sites excluding steroid dienone is 1. The summed E-state index contributed by atoms with van der Waals surface area (Å²) < 4.78 is 0. The fourth-order valence-corrected chi connectivity index (χ4v) is 2.21. The molecule has 2 nitrogen and oxygen atoms in total. The largest absolute Gasteiger partial charge is 0.354 e. The third-order valence-corrected chi connectivity index (χ3v) is 2.54. The summed E-state index contributed by atoms with van der Waals surface area (Å²) in [6, 6.07) is 0. The van der Waals surface area contributed by atoms with Crippen molar-refractivity contribution in [3.05, 3.63) is 11.8 Å². The molecule has 0 aromatic carbocycles. The molecule has 0 saturated heterocycles.